The Morgan fingerprint density at radius 2 is 1.76 bits per heavy atom. The highest BCUT2D eigenvalue weighted by molar-refractivity contribution is 5.84. The molecule has 8 nitrogen and oxygen atoms in total. The Morgan fingerprint density at radius 3 is 2.32 bits per heavy atom. The van der Waals surface area contributed by atoms with Crippen molar-refractivity contribution in [1.82, 2.24) is 15.5 Å². The molecule has 8 heteroatoms. The zero-order chi connectivity index (χ0) is 26.6. The van der Waals surface area contributed by atoms with Crippen molar-refractivity contribution in [2.24, 2.45) is 5.92 Å². The second kappa shape index (κ2) is 11.0. The van der Waals surface area contributed by atoms with E-state index in [1.807, 2.05) is 57.2 Å². The van der Waals surface area contributed by atoms with Gasteiger partial charge in [-0.25, -0.2) is 4.79 Å². The van der Waals surface area contributed by atoms with Crippen LogP contribution >= 0.6 is 0 Å². The lowest BCUT2D eigenvalue weighted by Crippen LogP contribution is -2.55. The summed E-state index contributed by atoms with van der Waals surface area (Å²) in [6.45, 7) is 5.99. The summed E-state index contributed by atoms with van der Waals surface area (Å²) in [4.78, 5) is 39.5. The van der Waals surface area contributed by atoms with Crippen LogP contribution in [0.25, 0.3) is 11.1 Å². The first-order valence-corrected chi connectivity index (χ1v) is 12.8. The Hall–Kier alpha value is -3.86. The normalized spacial score (nSPS) is 17.6. The molecular formula is C29H34N4O4. The number of nitriles is 1. The van der Waals surface area contributed by atoms with E-state index in [9.17, 15) is 19.6 Å². The maximum absolute atomic E-state index is 13.2. The lowest BCUT2D eigenvalue weighted by molar-refractivity contribution is -0.138. The van der Waals surface area contributed by atoms with E-state index in [-0.39, 0.29) is 37.3 Å². The third kappa shape index (κ3) is 5.77. The first kappa shape index (κ1) is 26.2. The average Bonchev–Trinajstić information content (AvgIpc) is 3.20. The Balaban J connectivity index is 1.37. The SMILES string of the molecule is CC(C)(C)N(C(=O)CNC(=O)OCC1c2ccccc2-c2ccccc21)C(C#N)C[C@@H]1CCCNC1=O. The molecule has 1 unspecified atom stereocenters. The highest BCUT2D eigenvalue weighted by Gasteiger charge is 2.37. The number of carbonyl (C=O) groups is 3. The van der Waals surface area contributed by atoms with E-state index in [0.29, 0.717) is 13.0 Å². The number of nitrogens with one attached hydrogen (secondary N) is 2. The lowest BCUT2D eigenvalue weighted by atomic mass is 9.89. The van der Waals surface area contributed by atoms with Crippen molar-refractivity contribution in [2.75, 3.05) is 19.7 Å². The van der Waals surface area contributed by atoms with Gasteiger partial charge in [0.2, 0.25) is 11.8 Å². The number of fused-ring (bicyclic) bond motifs is 3. The Kier molecular flexibility index (Phi) is 7.82. The van der Waals surface area contributed by atoms with Gasteiger partial charge in [-0.1, -0.05) is 48.5 Å². The number of benzene rings is 2. The third-order valence-corrected chi connectivity index (χ3v) is 7.09. The van der Waals surface area contributed by atoms with Gasteiger partial charge in [0.15, 0.2) is 0 Å². The first-order valence-electron chi connectivity index (χ1n) is 12.8. The van der Waals surface area contributed by atoms with Gasteiger partial charge in [0.25, 0.3) is 0 Å². The molecule has 0 radical (unpaired) electrons. The number of carbonyl (C=O) groups excluding carboxylic acids is 3. The van der Waals surface area contributed by atoms with Crippen LogP contribution in [0.15, 0.2) is 48.5 Å². The van der Waals surface area contributed by atoms with Crippen LogP contribution in [-0.4, -0.2) is 54.1 Å². The molecule has 2 N–H and O–H groups in total. The minimum absolute atomic E-state index is 0.0791. The predicted molar refractivity (Wildman–Crippen MR) is 139 cm³/mol. The fraction of sp³-hybridized carbons (Fsp3) is 0.448. The fourth-order valence-electron chi connectivity index (χ4n) is 5.44. The standard InChI is InChI=1S/C29H34N4O4/c1-29(2,3)33(20(16-30)15-19-9-8-14-31-27(19)35)26(34)17-32-28(36)37-18-25-23-12-6-4-10-21(23)22-11-5-7-13-24(22)25/h4-7,10-13,19-20,25H,8-9,14-15,17-18H2,1-3H3,(H,31,35)(H,32,36)/t19-,20?/m0/s1. The van der Waals surface area contributed by atoms with Crippen LogP contribution in [0.2, 0.25) is 0 Å². The molecule has 2 aliphatic rings. The van der Waals surface area contributed by atoms with Crippen LogP contribution in [0.3, 0.4) is 0 Å². The van der Waals surface area contributed by atoms with Crippen molar-refractivity contribution in [3.8, 4) is 17.2 Å². The summed E-state index contributed by atoms with van der Waals surface area (Å²) in [5.74, 6) is -0.871. The Morgan fingerprint density at radius 1 is 1.14 bits per heavy atom. The van der Waals surface area contributed by atoms with Gasteiger partial charge in [-0.2, -0.15) is 5.26 Å². The summed E-state index contributed by atoms with van der Waals surface area (Å²) in [6.07, 6.45) is 1.11. The van der Waals surface area contributed by atoms with Crippen molar-refractivity contribution >= 4 is 17.9 Å². The van der Waals surface area contributed by atoms with E-state index in [2.05, 4.69) is 28.8 Å². The Bertz CT molecular complexity index is 1170. The quantitative estimate of drug-likeness (QED) is 0.595. The fourth-order valence-corrected chi connectivity index (χ4v) is 5.44. The van der Waals surface area contributed by atoms with Gasteiger partial charge in [0, 0.05) is 23.9 Å². The van der Waals surface area contributed by atoms with Crippen LogP contribution < -0.4 is 10.6 Å². The average molecular weight is 503 g/mol. The van der Waals surface area contributed by atoms with E-state index >= 15 is 0 Å². The van der Waals surface area contributed by atoms with Crippen LogP contribution in [0.4, 0.5) is 4.79 Å². The maximum Gasteiger partial charge on any atom is 0.407 e. The van der Waals surface area contributed by atoms with Gasteiger partial charge in [0.1, 0.15) is 19.2 Å². The Labute approximate surface area is 218 Å². The van der Waals surface area contributed by atoms with Gasteiger partial charge in [0.05, 0.1) is 6.07 Å². The summed E-state index contributed by atoms with van der Waals surface area (Å²) in [7, 11) is 0. The number of piperidine rings is 1. The van der Waals surface area contributed by atoms with Crippen molar-refractivity contribution in [1.29, 1.82) is 5.26 Å². The molecule has 1 saturated heterocycles. The smallest absolute Gasteiger partial charge is 0.407 e. The first-order chi connectivity index (χ1) is 17.7. The molecule has 0 spiro atoms. The molecule has 0 saturated carbocycles. The zero-order valence-electron chi connectivity index (χ0n) is 21.6. The van der Waals surface area contributed by atoms with E-state index in [1.165, 1.54) is 4.90 Å². The molecule has 2 atom stereocenters. The molecule has 1 aliphatic carbocycles. The van der Waals surface area contributed by atoms with Gasteiger partial charge in [-0.3, -0.25) is 9.59 Å². The van der Waals surface area contributed by atoms with E-state index in [0.717, 1.165) is 28.7 Å². The molecule has 0 aromatic heterocycles. The second-order valence-corrected chi connectivity index (χ2v) is 10.6. The summed E-state index contributed by atoms with van der Waals surface area (Å²) < 4.78 is 5.54. The number of nitrogens with zero attached hydrogens (tertiary/aromatic N) is 2. The molecular weight excluding hydrogens is 468 g/mol. The van der Waals surface area contributed by atoms with Crippen molar-refractivity contribution in [2.45, 2.75) is 57.5 Å². The van der Waals surface area contributed by atoms with Crippen molar-refractivity contribution < 1.29 is 19.1 Å². The van der Waals surface area contributed by atoms with Crippen molar-refractivity contribution in [3.63, 3.8) is 0 Å². The highest BCUT2D eigenvalue weighted by atomic mass is 16.5. The minimum Gasteiger partial charge on any atom is -0.449 e. The third-order valence-electron chi connectivity index (χ3n) is 7.09. The van der Waals surface area contributed by atoms with Crippen LogP contribution in [0, 0.1) is 17.2 Å². The lowest BCUT2D eigenvalue weighted by Gasteiger charge is -2.40. The molecule has 37 heavy (non-hydrogen) atoms. The molecule has 1 fully saturated rings. The number of hydrogen-bond donors (Lipinski definition) is 2. The van der Waals surface area contributed by atoms with E-state index < -0.39 is 23.6 Å². The number of amides is 3. The summed E-state index contributed by atoms with van der Waals surface area (Å²) >= 11 is 0. The molecule has 4 rings (SSSR count). The van der Waals surface area contributed by atoms with Crippen molar-refractivity contribution in [3.05, 3.63) is 59.7 Å². The van der Waals surface area contributed by atoms with Crippen LogP contribution in [0.1, 0.15) is 57.1 Å². The van der Waals surface area contributed by atoms with Gasteiger partial charge in [-0.05, 0) is 62.3 Å². The van der Waals surface area contributed by atoms with E-state index in [1.54, 1.807) is 0 Å². The molecule has 194 valence electrons. The zero-order valence-corrected chi connectivity index (χ0v) is 21.6. The summed E-state index contributed by atoms with van der Waals surface area (Å²) in [6, 6.07) is 17.6. The number of alkyl carbamates (subject to hydrolysis) is 1. The van der Waals surface area contributed by atoms with E-state index in [4.69, 9.17) is 4.74 Å². The highest BCUT2D eigenvalue weighted by Crippen LogP contribution is 2.44. The van der Waals surface area contributed by atoms with Gasteiger partial charge >= 0.3 is 6.09 Å². The van der Waals surface area contributed by atoms with Crippen LogP contribution in [0.5, 0.6) is 0 Å². The summed E-state index contributed by atoms with van der Waals surface area (Å²) in [5.41, 5.74) is 3.81. The molecule has 2 aromatic rings. The maximum atomic E-state index is 13.2. The largest absolute Gasteiger partial charge is 0.449 e. The minimum atomic E-state index is -0.786. The van der Waals surface area contributed by atoms with Gasteiger partial charge < -0.3 is 20.3 Å². The second-order valence-electron chi connectivity index (χ2n) is 10.6. The van der Waals surface area contributed by atoms with Gasteiger partial charge in [-0.15, -0.1) is 0 Å². The topological polar surface area (TPSA) is 112 Å². The molecule has 0 bridgehead atoms. The molecule has 1 heterocycles. The number of rotatable bonds is 7. The molecule has 3 amide bonds. The molecule has 1 aliphatic heterocycles. The predicted octanol–water partition coefficient (Wildman–Crippen LogP) is 3.96. The van der Waals surface area contributed by atoms with Crippen LogP contribution in [-0.2, 0) is 14.3 Å². The monoisotopic (exact) mass is 502 g/mol. The number of ether oxygens (including phenoxy) is 1. The number of hydrogen-bond acceptors (Lipinski definition) is 5. The summed E-state index contributed by atoms with van der Waals surface area (Å²) in [5, 5.41) is 15.3. The molecule has 2 aromatic carbocycles.